The molecule has 9 heteroatoms. The van der Waals surface area contributed by atoms with Crippen LogP contribution in [0.25, 0.3) is 0 Å². The van der Waals surface area contributed by atoms with E-state index in [2.05, 4.69) is 14.9 Å². The fourth-order valence-corrected chi connectivity index (χ4v) is 4.41. The Morgan fingerprint density at radius 3 is 2.50 bits per heavy atom. The zero-order chi connectivity index (χ0) is 21.6. The second-order valence-electron chi connectivity index (χ2n) is 7.05. The molecule has 1 aliphatic rings. The lowest BCUT2D eigenvalue weighted by Gasteiger charge is -2.26. The van der Waals surface area contributed by atoms with Gasteiger partial charge >= 0.3 is 5.97 Å². The molecule has 8 nitrogen and oxygen atoms in total. The Kier molecular flexibility index (Phi) is 7.30. The van der Waals surface area contributed by atoms with Gasteiger partial charge < -0.3 is 14.8 Å². The van der Waals surface area contributed by atoms with Crippen LogP contribution in [0.15, 0.2) is 47.4 Å². The minimum atomic E-state index is -3.93. The number of ether oxygens (including phenoxy) is 2. The first kappa shape index (κ1) is 22.1. The number of rotatable bonds is 8. The molecule has 0 spiro atoms. The van der Waals surface area contributed by atoms with Gasteiger partial charge in [-0.1, -0.05) is 17.7 Å². The maximum Gasteiger partial charge on any atom is 0.337 e. The molecule has 30 heavy (non-hydrogen) atoms. The number of anilines is 2. The van der Waals surface area contributed by atoms with Gasteiger partial charge in [-0.3, -0.25) is 9.62 Å². The summed E-state index contributed by atoms with van der Waals surface area (Å²) in [7, 11) is -2.67. The number of aryl methyl sites for hydroxylation is 1. The summed E-state index contributed by atoms with van der Waals surface area (Å²) in [5, 5.41) is 3.19. The van der Waals surface area contributed by atoms with Crippen molar-refractivity contribution in [3.05, 3.63) is 53.6 Å². The lowest BCUT2D eigenvalue weighted by atomic mass is 10.2. The first-order chi connectivity index (χ1) is 14.4. The Morgan fingerprint density at radius 2 is 1.83 bits per heavy atom. The van der Waals surface area contributed by atoms with Crippen LogP contribution in [0.3, 0.4) is 0 Å². The minimum Gasteiger partial charge on any atom is -0.465 e. The quantitative estimate of drug-likeness (QED) is 0.617. The number of carbonyl (C=O) groups is 1. The molecule has 2 aromatic carbocycles. The third kappa shape index (κ3) is 5.71. The smallest absolute Gasteiger partial charge is 0.337 e. The Labute approximate surface area is 177 Å². The van der Waals surface area contributed by atoms with Crippen molar-refractivity contribution >= 4 is 27.4 Å². The second kappa shape index (κ2) is 9.92. The number of esters is 1. The number of nitrogens with zero attached hydrogens (tertiary/aromatic N) is 1. The molecule has 1 heterocycles. The molecule has 0 atom stereocenters. The Morgan fingerprint density at radius 1 is 1.13 bits per heavy atom. The van der Waals surface area contributed by atoms with Crippen LogP contribution in [0.2, 0.25) is 0 Å². The van der Waals surface area contributed by atoms with Crippen molar-refractivity contribution < 1.29 is 22.7 Å². The molecule has 0 saturated carbocycles. The van der Waals surface area contributed by atoms with Crippen LogP contribution in [-0.2, 0) is 19.5 Å². The molecular weight excluding hydrogens is 406 g/mol. The highest BCUT2D eigenvalue weighted by Crippen LogP contribution is 2.26. The van der Waals surface area contributed by atoms with Gasteiger partial charge in [-0.15, -0.1) is 0 Å². The fourth-order valence-electron chi connectivity index (χ4n) is 3.14. The summed E-state index contributed by atoms with van der Waals surface area (Å²) in [6.45, 7) is 6.35. The molecule has 2 aromatic rings. The van der Waals surface area contributed by atoms with E-state index in [-0.39, 0.29) is 10.5 Å². The maximum absolute atomic E-state index is 13.1. The first-order valence-corrected chi connectivity index (χ1v) is 11.2. The van der Waals surface area contributed by atoms with Gasteiger partial charge in [-0.2, -0.15) is 0 Å². The van der Waals surface area contributed by atoms with E-state index in [0.29, 0.717) is 31.1 Å². The van der Waals surface area contributed by atoms with Crippen LogP contribution in [0.4, 0.5) is 11.4 Å². The lowest BCUT2D eigenvalue weighted by molar-refractivity contribution is 0.0398. The molecule has 162 valence electrons. The number of benzene rings is 2. The number of nitrogens with one attached hydrogen (secondary N) is 2. The number of morpholine rings is 1. The normalized spacial score (nSPS) is 14.9. The SMILES string of the molecule is COC(=O)c1ccc(NCCN2CCOCC2)c(S(=O)(=O)Nc2ccc(C)cc2)c1. The van der Waals surface area contributed by atoms with Crippen molar-refractivity contribution in [1.29, 1.82) is 0 Å². The highest BCUT2D eigenvalue weighted by Gasteiger charge is 2.22. The largest absolute Gasteiger partial charge is 0.465 e. The summed E-state index contributed by atoms with van der Waals surface area (Å²) in [5.74, 6) is -0.596. The van der Waals surface area contributed by atoms with Gasteiger partial charge in [-0.25, -0.2) is 13.2 Å². The van der Waals surface area contributed by atoms with E-state index in [0.717, 1.165) is 25.2 Å². The molecule has 0 amide bonds. The zero-order valence-electron chi connectivity index (χ0n) is 17.2. The zero-order valence-corrected chi connectivity index (χ0v) is 18.0. The van der Waals surface area contributed by atoms with E-state index in [1.807, 2.05) is 19.1 Å². The molecule has 3 rings (SSSR count). The summed E-state index contributed by atoms with van der Waals surface area (Å²) in [5.41, 5.74) is 2.07. The molecule has 2 N–H and O–H groups in total. The van der Waals surface area contributed by atoms with Gasteiger partial charge in [-0.05, 0) is 37.3 Å². The summed E-state index contributed by atoms with van der Waals surface area (Å²) < 4.78 is 38.9. The van der Waals surface area contributed by atoms with Crippen molar-refractivity contribution in [3.63, 3.8) is 0 Å². The summed E-state index contributed by atoms with van der Waals surface area (Å²) in [6, 6.07) is 11.5. The van der Waals surface area contributed by atoms with Crippen LogP contribution < -0.4 is 10.0 Å². The van der Waals surface area contributed by atoms with E-state index < -0.39 is 16.0 Å². The molecule has 1 saturated heterocycles. The predicted molar refractivity (Wildman–Crippen MR) is 116 cm³/mol. The third-order valence-electron chi connectivity index (χ3n) is 4.84. The molecule has 0 aromatic heterocycles. The standard InChI is InChI=1S/C21H27N3O5S/c1-16-3-6-18(7-4-16)23-30(26,27)20-15-17(21(25)28-2)5-8-19(20)22-9-10-24-11-13-29-14-12-24/h3-8,15,22-23H,9-14H2,1-2H3. The second-order valence-corrected chi connectivity index (χ2v) is 8.71. The maximum atomic E-state index is 13.1. The van der Waals surface area contributed by atoms with Crippen LogP contribution in [0.5, 0.6) is 0 Å². The molecule has 1 aliphatic heterocycles. The number of sulfonamides is 1. The van der Waals surface area contributed by atoms with Gasteiger partial charge in [0.15, 0.2) is 0 Å². The number of hydrogen-bond donors (Lipinski definition) is 2. The van der Waals surface area contributed by atoms with Gasteiger partial charge in [0.05, 0.1) is 31.6 Å². The third-order valence-corrected chi connectivity index (χ3v) is 6.26. The topological polar surface area (TPSA) is 97.0 Å². The summed E-state index contributed by atoms with van der Waals surface area (Å²) in [6.07, 6.45) is 0. The molecule has 1 fully saturated rings. The van der Waals surface area contributed by atoms with Crippen LogP contribution in [-0.4, -0.2) is 65.8 Å². The highest BCUT2D eigenvalue weighted by molar-refractivity contribution is 7.92. The van der Waals surface area contributed by atoms with Gasteiger partial charge in [0, 0.05) is 31.9 Å². The first-order valence-electron chi connectivity index (χ1n) is 9.75. The number of hydrogen-bond acceptors (Lipinski definition) is 7. The average Bonchev–Trinajstić information content (AvgIpc) is 2.75. The minimum absolute atomic E-state index is 0.00653. The summed E-state index contributed by atoms with van der Waals surface area (Å²) in [4.78, 5) is 14.2. The Bertz CT molecular complexity index is 971. The highest BCUT2D eigenvalue weighted by atomic mass is 32.2. The van der Waals surface area contributed by atoms with Crippen molar-refractivity contribution in [3.8, 4) is 0 Å². The molecule has 0 radical (unpaired) electrons. The van der Waals surface area contributed by atoms with Crippen molar-refractivity contribution in [2.24, 2.45) is 0 Å². The van der Waals surface area contributed by atoms with E-state index in [1.54, 1.807) is 24.3 Å². The van der Waals surface area contributed by atoms with E-state index in [1.165, 1.54) is 13.2 Å². The van der Waals surface area contributed by atoms with E-state index in [9.17, 15) is 13.2 Å². The summed E-state index contributed by atoms with van der Waals surface area (Å²) >= 11 is 0. The monoisotopic (exact) mass is 433 g/mol. The molecule has 0 bridgehead atoms. The number of methoxy groups -OCH3 is 1. The van der Waals surface area contributed by atoms with Crippen LogP contribution in [0, 0.1) is 6.92 Å². The average molecular weight is 434 g/mol. The molecule has 0 aliphatic carbocycles. The van der Waals surface area contributed by atoms with Crippen molar-refractivity contribution in [2.45, 2.75) is 11.8 Å². The molecule has 0 unspecified atom stereocenters. The predicted octanol–water partition coefficient (Wildman–Crippen LogP) is 2.33. The number of carbonyl (C=O) groups excluding carboxylic acids is 1. The van der Waals surface area contributed by atoms with Crippen LogP contribution >= 0.6 is 0 Å². The van der Waals surface area contributed by atoms with Gasteiger partial charge in [0.2, 0.25) is 0 Å². The van der Waals surface area contributed by atoms with Crippen molar-refractivity contribution in [1.82, 2.24) is 4.90 Å². The van der Waals surface area contributed by atoms with E-state index >= 15 is 0 Å². The lowest BCUT2D eigenvalue weighted by Crippen LogP contribution is -2.39. The van der Waals surface area contributed by atoms with Crippen molar-refractivity contribution in [2.75, 3.05) is 56.5 Å². The van der Waals surface area contributed by atoms with Crippen LogP contribution in [0.1, 0.15) is 15.9 Å². The molecular formula is C21H27N3O5S. The Balaban J connectivity index is 1.82. The fraction of sp³-hybridized carbons (Fsp3) is 0.381. The Hall–Kier alpha value is -2.62. The van der Waals surface area contributed by atoms with E-state index in [4.69, 9.17) is 9.47 Å². The van der Waals surface area contributed by atoms with Gasteiger partial charge in [0.1, 0.15) is 4.90 Å². The van der Waals surface area contributed by atoms with Gasteiger partial charge in [0.25, 0.3) is 10.0 Å².